The van der Waals surface area contributed by atoms with Crippen LogP contribution in [0.3, 0.4) is 0 Å². The molecular formula is C20H24N6O3. The maximum absolute atomic E-state index is 12.4. The number of carbonyl (C=O) groups is 3. The van der Waals surface area contributed by atoms with Gasteiger partial charge in [0.15, 0.2) is 5.82 Å². The summed E-state index contributed by atoms with van der Waals surface area (Å²) in [6.45, 7) is 0.191. The Balaban J connectivity index is 1.59. The predicted octanol–water partition coefficient (Wildman–Crippen LogP) is 1.62. The molecular weight excluding hydrogens is 372 g/mol. The van der Waals surface area contributed by atoms with Crippen LogP contribution in [0.2, 0.25) is 0 Å². The van der Waals surface area contributed by atoms with Gasteiger partial charge < -0.3 is 15.1 Å². The fourth-order valence-corrected chi connectivity index (χ4v) is 3.06. The number of nitrogens with zero attached hydrogens (tertiary/aromatic N) is 5. The van der Waals surface area contributed by atoms with E-state index in [1.165, 1.54) is 4.90 Å². The highest BCUT2D eigenvalue weighted by Gasteiger charge is 2.34. The minimum absolute atomic E-state index is 0.162. The van der Waals surface area contributed by atoms with Gasteiger partial charge in [0.1, 0.15) is 5.69 Å². The summed E-state index contributed by atoms with van der Waals surface area (Å²) in [6.07, 6.45) is 2.10. The average Bonchev–Trinajstić information content (AvgIpc) is 2.93. The SMILES string of the molecule is CN(C)c1ncc(NC(=O)CCCN2C(=O)c3ccccc3C2=O)c(N(C)C)n1. The van der Waals surface area contributed by atoms with Gasteiger partial charge in [0.05, 0.1) is 17.3 Å². The van der Waals surface area contributed by atoms with Crippen LogP contribution in [0.4, 0.5) is 17.5 Å². The second-order valence-corrected chi connectivity index (χ2v) is 7.16. The van der Waals surface area contributed by atoms with Crippen molar-refractivity contribution in [2.45, 2.75) is 12.8 Å². The number of hydrogen-bond donors (Lipinski definition) is 1. The molecule has 0 unspecified atom stereocenters. The van der Waals surface area contributed by atoms with Gasteiger partial charge in [-0.1, -0.05) is 12.1 Å². The number of imide groups is 1. The number of rotatable bonds is 7. The maximum Gasteiger partial charge on any atom is 0.261 e. The third-order valence-electron chi connectivity index (χ3n) is 4.52. The van der Waals surface area contributed by atoms with Gasteiger partial charge in [-0.25, -0.2) is 4.98 Å². The number of carbonyl (C=O) groups excluding carboxylic acids is 3. The Bertz CT molecular complexity index is 922. The lowest BCUT2D eigenvalue weighted by atomic mass is 10.1. The van der Waals surface area contributed by atoms with Crippen molar-refractivity contribution in [1.82, 2.24) is 14.9 Å². The van der Waals surface area contributed by atoms with Crippen LogP contribution in [0, 0.1) is 0 Å². The Kier molecular flexibility index (Phi) is 5.76. The zero-order chi connectivity index (χ0) is 21.1. The molecule has 3 rings (SSSR count). The van der Waals surface area contributed by atoms with Crippen molar-refractivity contribution in [2.24, 2.45) is 0 Å². The first-order valence-corrected chi connectivity index (χ1v) is 9.26. The van der Waals surface area contributed by atoms with E-state index >= 15 is 0 Å². The molecule has 2 aromatic rings. The molecule has 0 saturated carbocycles. The van der Waals surface area contributed by atoms with Gasteiger partial charge in [-0.05, 0) is 18.6 Å². The topological polar surface area (TPSA) is 98.7 Å². The second-order valence-electron chi connectivity index (χ2n) is 7.16. The zero-order valence-corrected chi connectivity index (χ0v) is 17.0. The lowest BCUT2D eigenvalue weighted by Gasteiger charge is -2.19. The van der Waals surface area contributed by atoms with Crippen LogP contribution >= 0.6 is 0 Å². The second kappa shape index (κ2) is 8.26. The van der Waals surface area contributed by atoms with E-state index in [9.17, 15) is 14.4 Å². The van der Waals surface area contributed by atoms with Crippen molar-refractivity contribution >= 4 is 35.2 Å². The number of nitrogens with one attached hydrogen (secondary N) is 1. The summed E-state index contributed by atoms with van der Waals surface area (Å²) < 4.78 is 0. The van der Waals surface area contributed by atoms with Crippen LogP contribution in [0.5, 0.6) is 0 Å². The molecule has 1 aliphatic heterocycles. The molecule has 3 amide bonds. The van der Waals surface area contributed by atoms with Crippen molar-refractivity contribution in [3.8, 4) is 0 Å². The Hall–Kier alpha value is -3.49. The molecule has 0 bridgehead atoms. The molecule has 9 nitrogen and oxygen atoms in total. The highest BCUT2D eigenvalue weighted by Crippen LogP contribution is 2.24. The normalized spacial score (nSPS) is 12.8. The third kappa shape index (κ3) is 4.18. The van der Waals surface area contributed by atoms with Gasteiger partial charge in [0.2, 0.25) is 11.9 Å². The molecule has 2 heterocycles. The van der Waals surface area contributed by atoms with Crippen LogP contribution in [0.1, 0.15) is 33.6 Å². The summed E-state index contributed by atoms with van der Waals surface area (Å²) >= 11 is 0. The van der Waals surface area contributed by atoms with E-state index in [2.05, 4.69) is 15.3 Å². The van der Waals surface area contributed by atoms with E-state index in [0.717, 1.165) is 0 Å². The van der Waals surface area contributed by atoms with Crippen molar-refractivity contribution < 1.29 is 14.4 Å². The molecule has 152 valence electrons. The van der Waals surface area contributed by atoms with E-state index in [0.29, 0.717) is 35.0 Å². The fraction of sp³-hybridized carbons (Fsp3) is 0.350. The molecule has 0 aliphatic carbocycles. The van der Waals surface area contributed by atoms with Crippen LogP contribution in [-0.2, 0) is 4.79 Å². The Morgan fingerprint density at radius 3 is 2.21 bits per heavy atom. The van der Waals surface area contributed by atoms with Crippen molar-refractivity contribution in [2.75, 3.05) is 49.9 Å². The number of amides is 3. The fourth-order valence-electron chi connectivity index (χ4n) is 3.06. The molecule has 0 saturated heterocycles. The molecule has 0 radical (unpaired) electrons. The number of anilines is 3. The standard InChI is InChI=1S/C20H24N6O3/c1-24(2)17-15(12-21-20(23-17)25(3)4)22-16(27)10-7-11-26-18(28)13-8-5-6-9-14(13)19(26)29/h5-6,8-9,12H,7,10-11H2,1-4H3,(H,22,27). The largest absolute Gasteiger partial charge is 0.361 e. The van der Waals surface area contributed by atoms with E-state index in [-0.39, 0.29) is 30.7 Å². The number of hydrogen-bond acceptors (Lipinski definition) is 7. The lowest BCUT2D eigenvalue weighted by Crippen LogP contribution is -2.31. The first-order chi connectivity index (χ1) is 13.8. The number of aromatic nitrogens is 2. The summed E-state index contributed by atoms with van der Waals surface area (Å²) in [4.78, 5) is 50.5. The zero-order valence-electron chi connectivity index (χ0n) is 17.0. The molecule has 0 fully saturated rings. The average molecular weight is 396 g/mol. The Morgan fingerprint density at radius 1 is 1.03 bits per heavy atom. The number of benzene rings is 1. The van der Waals surface area contributed by atoms with E-state index in [4.69, 9.17) is 0 Å². The molecule has 9 heteroatoms. The summed E-state index contributed by atoms with van der Waals surface area (Å²) in [6, 6.07) is 6.74. The summed E-state index contributed by atoms with van der Waals surface area (Å²) in [7, 11) is 7.35. The van der Waals surface area contributed by atoms with Gasteiger partial charge in [-0.15, -0.1) is 0 Å². The van der Waals surface area contributed by atoms with E-state index < -0.39 is 0 Å². The summed E-state index contributed by atoms with van der Waals surface area (Å²) in [5, 5.41) is 2.81. The molecule has 1 aromatic heterocycles. The minimum atomic E-state index is -0.312. The number of fused-ring (bicyclic) bond motifs is 1. The first-order valence-electron chi connectivity index (χ1n) is 9.26. The summed E-state index contributed by atoms with van der Waals surface area (Å²) in [5.41, 5.74) is 1.33. The van der Waals surface area contributed by atoms with Crippen molar-refractivity contribution in [3.05, 3.63) is 41.6 Å². The molecule has 1 aliphatic rings. The van der Waals surface area contributed by atoms with E-state index in [1.807, 2.05) is 28.2 Å². The lowest BCUT2D eigenvalue weighted by molar-refractivity contribution is -0.116. The monoisotopic (exact) mass is 396 g/mol. The first kappa shape index (κ1) is 20.2. The molecule has 1 N–H and O–H groups in total. The van der Waals surface area contributed by atoms with Crippen LogP contribution in [-0.4, -0.2) is 67.3 Å². The highest BCUT2D eigenvalue weighted by atomic mass is 16.2. The smallest absolute Gasteiger partial charge is 0.261 e. The maximum atomic E-state index is 12.4. The van der Waals surface area contributed by atoms with Crippen LogP contribution < -0.4 is 15.1 Å². The van der Waals surface area contributed by atoms with Gasteiger partial charge >= 0.3 is 0 Å². The van der Waals surface area contributed by atoms with Crippen molar-refractivity contribution in [1.29, 1.82) is 0 Å². The summed E-state index contributed by atoms with van der Waals surface area (Å²) in [5.74, 6) is 0.280. The Labute approximate surface area is 169 Å². The van der Waals surface area contributed by atoms with Gasteiger partial charge in [0, 0.05) is 41.2 Å². The van der Waals surface area contributed by atoms with E-state index in [1.54, 1.807) is 40.3 Å². The van der Waals surface area contributed by atoms with Gasteiger partial charge in [-0.3, -0.25) is 19.3 Å². The van der Waals surface area contributed by atoms with Crippen LogP contribution in [0.25, 0.3) is 0 Å². The molecule has 0 atom stereocenters. The minimum Gasteiger partial charge on any atom is -0.361 e. The molecule has 29 heavy (non-hydrogen) atoms. The van der Waals surface area contributed by atoms with Gasteiger partial charge in [-0.2, -0.15) is 4.98 Å². The predicted molar refractivity (Wildman–Crippen MR) is 110 cm³/mol. The highest BCUT2D eigenvalue weighted by molar-refractivity contribution is 6.21. The third-order valence-corrected chi connectivity index (χ3v) is 4.52. The van der Waals surface area contributed by atoms with Gasteiger partial charge in [0.25, 0.3) is 11.8 Å². The molecule has 0 spiro atoms. The Morgan fingerprint density at radius 2 is 1.66 bits per heavy atom. The quantitative estimate of drug-likeness (QED) is 0.710. The molecule has 1 aromatic carbocycles. The van der Waals surface area contributed by atoms with Crippen LogP contribution in [0.15, 0.2) is 30.5 Å². The van der Waals surface area contributed by atoms with Crippen molar-refractivity contribution in [3.63, 3.8) is 0 Å².